The highest BCUT2D eigenvalue weighted by Crippen LogP contribution is 2.36. The predicted octanol–water partition coefficient (Wildman–Crippen LogP) is 3.87. The van der Waals surface area contributed by atoms with Gasteiger partial charge in [-0.05, 0) is 49.7 Å². The maximum absolute atomic E-state index is 3.60. The zero-order chi connectivity index (χ0) is 9.52. The highest BCUT2D eigenvalue weighted by Gasteiger charge is 2.24. The maximum Gasteiger partial charge on any atom is -0.0243 e. The fourth-order valence-corrected chi connectivity index (χ4v) is 2.20. The van der Waals surface area contributed by atoms with Gasteiger partial charge in [-0.15, -0.1) is 11.5 Å². The number of rotatable bonds is 4. The second-order valence-electron chi connectivity index (χ2n) is 3.74. The molecule has 0 amide bonds. The molecular weight excluding hydrogens is 156 g/mol. The van der Waals surface area contributed by atoms with Crippen LogP contribution in [-0.2, 0) is 0 Å². The average molecular weight is 174 g/mol. The van der Waals surface area contributed by atoms with Gasteiger partial charge < -0.3 is 0 Å². The normalized spacial score (nSPS) is 26.2. The van der Waals surface area contributed by atoms with E-state index in [0.717, 1.165) is 24.7 Å². The van der Waals surface area contributed by atoms with E-state index in [2.05, 4.69) is 36.8 Å². The molecule has 0 saturated heterocycles. The SMILES string of the molecule is C=C=CC[C@H]1CCC[C@@H]1CC=C=C. The summed E-state index contributed by atoms with van der Waals surface area (Å²) in [5.41, 5.74) is 5.72. The predicted molar refractivity (Wildman–Crippen MR) is 57.5 cm³/mol. The molecule has 0 aliphatic heterocycles. The van der Waals surface area contributed by atoms with Crippen molar-refractivity contribution in [3.05, 3.63) is 36.8 Å². The summed E-state index contributed by atoms with van der Waals surface area (Å²) >= 11 is 0. The topological polar surface area (TPSA) is 0 Å². The molecule has 2 atom stereocenters. The van der Waals surface area contributed by atoms with Crippen molar-refractivity contribution in [3.8, 4) is 0 Å². The fourth-order valence-electron chi connectivity index (χ4n) is 2.20. The summed E-state index contributed by atoms with van der Waals surface area (Å²) in [6, 6.07) is 0. The van der Waals surface area contributed by atoms with Gasteiger partial charge in [-0.2, -0.15) is 0 Å². The first-order chi connectivity index (χ1) is 6.38. The number of hydrogen-bond acceptors (Lipinski definition) is 0. The molecule has 1 fully saturated rings. The van der Waals surface area contributed by atoms with Crippen LogP contribution in [0, 0.1) is 11.8 Å². The largest absolute Gasteiger partial charge is 0.133 e. The summed E-state index contributed by atoms with van der Waals surface area (Å²) in [7, 11) is 0. The van der Waals surface area contributed by atoms with Crippen LogP contribution >= 0.6 is 0 Å². The lowest BCUT2D eigenvalue weighted by atomic mass is 9.90. The van der Waals surface area contributed by atoms with E-state index in [4.69, 9.17) is 0 Å². The van der Waals surface area contributed by atoms with Crippen molar-refractivity contribution in [1.82, 2.24) is 0 Å². The van der Waals surface area contributed by atoms with Gasteiger partial charge in [-0.1, -0.05) is 19.6 Å². The fraction of sp³-hybridized carbons (Fsp3) is 0.538. The van der Waals surface area contributed by atoms with Gasteiger partial charge in [0.05, 0.1) is 0 Å². The molecule has 1 rings (SSSR count). The van der Waals surface area contributed by atoms with Crippen molar-refractivity contribution in [2.75, 3.05) is 0 Å². The van der Waals surface area contributed by atoms with Crippen LogP contribution in [0.25, 0.3) is 0 Å². The van der Waals surface area contributed by atoms with Gasteiger partial charge in [0.15, 0.2) is 0 Å². The second kappa shape index (κ2) is 5.65. The van der Waals surface area contributed by atoms with E-state index in [1.54, 1.807) is 0 Å². The first kappa shape index (κ1) is 10.1. The van der Waals surface area contributed by atoms with Crippen molar-refractivity contribution < 1.29 is 0 Å². The molecular formula is C13H18. The van der Waals surface area contributed by atoms with Gasteiger partial charge in [-0.25, -0.2) is 0 Å². The van der Waals surface area contributed by atoms with Crippen LogP contribution in [0.4, 0.5) is 0 Å². The van der Waals surface area contributed by atoms with Crippen LogP contribution in [0.15, 0.2) is 36.8 Å². The third-order valence-corrected chi connectivity index (χ3v) is 2.95. The zero-order valence-corrected chi connectivity index (χ0v) is 8.26. The molecule has 0 aromatic rings. The third-order valence-electron chi connectivity index (χ3n) is 2.95. The van der Waals surface area contributed by atoms with Crippen LogP contribution in [0.5, 0.6) is 0 Å². The lowest BCUT2D eigenvalue weighted by Gasteiger charge is -2.15. The number of hydrogen-bond donors (Lipinski definition) is 0. The summed E-state index contributed by atoms with van der Waals surface area (Å²) in [4.78, 5) is 0. The van der Waals surface area contributed by atoms with E-state index >= 15 is 0 Å². The molecule has 0 bridgehead atoms. The minimum atomic E-state index is 0.846. The average Bonchev–Trinajstić information content (AvgIpc) is 2.59. The van der Waals surface area contributed by atoms with Crippen molar-refractivity contribution in [2.24, 2.45) is 11.8 Å². The summed E-state index contributed by atoms with van der Waals surface area (Å²) in [6.07, 6.45) is 10.6. The van der Waals surface area contributed by atoms with Crippen LogP contribution in [0.3, 0.4) is 0 Å². The Bertz CT molecular complexity index is 211. The van der Waals surface area contributed by atoms with E-state index in [1.807, 2.05) is 0 Å². The Kier molecular flexibility index (Phi) is 4.40. The molecule has 0 aromatic heterocycles. The maximum atomic E-state index is 3.60. The highest BCUT2D eigenvalue weighted by atomic mass is 14.3. The van der Waals surface area contributed by atoms with E-state index < -0.39 is 0 Å². The van der Waals surface area contributed by atoms with E-state index in [-0.39, 0.29) is 0 Å². The van der Waals surface area contributed by atoms with Crippen LogP contribution < -0.4 is 0 Å². The molecule has 1 aliphatic carbocycles. The van der Waals surface area contributed by atoms with E-state index in [9.17, 15) is 0 Å². The quantitative estimate of drug-likeness (QED) is 0.568. The van der Waals surface area contributed by atoms with Gasteiger partial charge in [0, 0.05) is 0 Å². The monoisotopic (exact) mass is 174 g/mol. The van der Waals surface area contributed by atoms with Crippen molar-refractivity contribution in [3.63, 3.8) is 0 Å². The number of allylic oxidation sites excluding steroid dienone is 2. The van der Waals surface area contributed by atoms with E-state index in [0.29, 0.717) is 0 Å². The molecule has 1 saturated carbocycles. The summed E-state index contributed by atoms with van der Waals surface area (Å²) in [5.74, 6) is 1.69. The van der Waals surface area contributed by atoms with Crippen molar-refractivity contribution >= 4 is 0 Å². The Hall–Kier alpha value is -0.960. The molecule has 1 aliphatic rings. The van der Waals surface area contributed by atoms with Crippen molar-refractivity contribution in [1.29, 1.82) is 0 Å². The minimum absolute atomic E-state index is 0.846. The van der Waals surface area contributed by atoms with Crippen LogP contribution in [-0.4, -0.2) is 0 Å². The smallest absolute Gasteiger partial charge is 0.0243 e. The Morgan fingerprint density at radius 3 is 1.85 bits per heavy atom. The lowest BCUT2D eigenvalue weighted by Crippen LogP contribution is -2.05. The van der Waals surface area contributed by atoms with Gasteiger partial charge in [-0.3, -0.25) is 0 Å². The Balaban J connectivity index is 2.42. The van der Waals surface area contributed by atoms with Crippen molar-refractivity contribution in [2.45, 2.75) is 32.1 Å². The molecule has 0 heterocycles. The second-order valence-corrected chi connectivity index (χ2v) is 3.74. The van der Waals surface area contributed by atoms with Crippen LogP contribution in [0.1, 0.15) is 32.1 Å². The Labute approximate surface area is 81.4 Å². The van der Waals surface area contributed by atoms with Gasteiger partial charge >= 0.3 is 0 Å². The molecule has 0 unspecified atom stereocenters. The summed E-state index contributed by atoms with van der Waals surface area (Å²) in [5, 5.41) is 0. The molecule has 0 radical (unpaired) electrons. The molecule has 0 nitrogen and oxygen atoms in total. The molecule has 0 aromatic carbocycles. The first-order valence-corrected chi connectivity index (χ1v) is 5.07. The Morgan fingerprint density at radius 1 is 1.00 bits per heavy atom. The molecule has 0 spiro atoms. The Morgan fingerprint density at radius 2 is 1.46 bits per heavy atom. The molecule has 0 heteroatoms. The lowest BCUT2D eigenvalue weighted by molar-refractivity contribution is 0.395. The summed E-state index contributed by atoms with van der Waals surface area (Å²) in [6.45, 7) is 7.20. The van der Waals surface area contributed by atoms with Crippen LogP contribution in [0.2, 0.25) is 0 Å². The summed E-state index contributed by atoms with van der Waals surface area (Å²) < 4.78 is 0. The van der Waals surface area contributed by atoms with Gasteiger partial charge in [0.2, 0.25) is 0 Å². The highest BCUT2D eigenvalue weighted by molar-refractivity contribution is 4.89. The van der Waals surface area contributed by atoms with Gasteiger partial charge in [0.1, 0.15) is 0 Å². The molecule has 70 valence electrons. The van der Waals surface area contributed by atoms with E-state index in [1.165, 1.54) is 19.3 Å². The van der Waals surface area contributed by atoms with Gasteiger partial charge in [0.25, 0.3) is 0 Å². The first-order valence-electron chi connectivity index (χ1n) is 5.07. The third kappa shape index (κ3) is 3.11. The molecule has 0 N–H and O–H groups in total. The standard InChI is InChI=1S/C13H18/c1-3-5-8-12-10-7-11-13(12)9-6-4-2/h5-6,12-13H,1-2,7-11H2/t12-,13-/m0/s1. The minimum Gasteiger partial charge on any atom is -0.133 e. The molecule has 13 heavy (non-hydrogen) atoms. The zero-order valence-electron chi connectivity index (χ0n) is 8.26.